The molecule has 0 spiro atoms. The van der Waals surface area contributed by atoms with E-state index in [1.54, 1.807) is 0 Å². The van der Waals surface area contributed by atoms with Gasteiger partial charge in [0.2, 0.25) is 0 Å². The van der Waals surface area contributed by atoms with E-state index in [-0.39, 0.29) is 25.9 Å². The summed E-state index contributed by atoms with van der Waals surface area (Å²) in [6.45, 7) is 5.75. The van der Waals surface area contributed by atoms with Gasteiger partial charge in [-0.15, -0.1) is 0 Å². The molecular weight excluding hydrogens is 901 g/mol. The van der Waals surface area contributed by atoms with Crippen molar-refractivity contribution in [2.75, 3.05) is 13.2 Å². The van der Waals surface area contributed by atoms with Gasteiger partial charge >= 0.3 is 23.9 Å². The molecule has 0 saturated carbocycles. The number of ether oxygens (including phenoxy) is 5. The summed E-state index contributed by atoms with van der Waals surface area (Å²) < 4.78 is 28.2. The minimum atomic E-state index is -1.93. The monoisotopic (exact) mass is 997 g/mol. The van der Waals surface area contributed by atoms with Crippen molar-refractivity contribution in [3.8, 4) is 0 Å². The van der Waals surface area contributed by atoms with E-state index >= 15 is 0 Å². The molecule has 12 heteroatoms. The third-order valence-electron chi connectivity index (χ3n) is 12.0. The van der Waals surface area contributed by atoms with E-state index in [1.807, 2.05) is 18.2 Å². The SMILES string of the molecule is CC/C=C\C/C=C\C/C=C\C/C=C\CCC(=O)OC1C(OCC(COC(=O)CCCCCCCC/C=C\C/C=C\C/C=C\CCCCC)OC(=O)CCCCCCCCCCC)OC(C(=O)O)C(O)C1O. The van der Waals surface area contributed by atoms with Crippen molar-refractivity contribution in [2.24, 2.45) is 0 Å². The molecule has 1 fully saturated rings. The van der Waals surface area contributed by atoms with E-state index in [1.165, 1.54) is 57.8 Å². The van der Waals surface area contributed by atoms with Crippen LogP contribution in [0.1, 0.15) is 213 Å². The zero-order valence-corrected chi connectivity index (χ0v) is 44.2. The van der Waals surface area contributed by atoms with Crippen molar-refractivity contribution >= 4 is 23.9 Å². The summed E-state index contributed by atoms with van der Waals surface area (Å²) in [6, 6.07) is 0. The Kier molecular flexibility index (Phi) is 42.9. The van der Waals surface area contributed by atoms with E-state index in [0.29, 0.717) is 25.7 Å². The average molecular weight is 997 g/mol. The van der Waals surface area contributed by atoms with Crippen LogP contribution in [0.15, 0.2) is 85.1 Å². The Hall–Kier alpha value is -4.10. The van der Waals surface area contributed by atoms with Crippen LogP contribution in [0.2, 0.25) is 0 Å². The van der Waals surface area contributed by atoms with Gasteiger partial charge in [-0.05, 0) is 83.5 Å². The molecule has 12 nitrogen and oxygen atoms in total. The molecule has 404 valence electrons. The second-order valence-corrected chi connectivity index (χ2v) is 18.5. The summed E-state index contributed by atoms with van der Waals surface area (Å²) in [5.41, 5.74) is 0. The molecule has 1 saturated heterocycles. The van der Waals surface area contributed by atoms with Gasteiger partial charge in [0.1, 0.15) is 18.8 Å². The molecule has 6 unspecified atom stereocenters. The number of carbonyl (C=O) groups excluding carboxylic acids is 3. The minimum Gasteiger partial charge on any atom is -0.479 e. The molecule has 0 aromatic carbocycles. The maximum atomic E-state index is 13.0. The molecule has 0 aromatic heterocycles. The van der Waals surface area contributed by atoms with Crippen LogP contribution in [0.4, 0.5) is 0 Å². The molecule has 71 heavy (non-hydrogen) atoms. The van der Waals surface area contributed by atoms with Gasteiger partial charge in [-0.1, -0.05) is 196 Å². The van der Waals surface area contributed by atoms with Crippen molar-refractivity contribution < 1.29 is 58.2 Å². The highest BCUT2D eigenvalue weighted by molar-refractivity contribution is 5.74. The summed E-state index contributed by atoms with van der Waals surface area (Å²) in [6.07, 6.45) is 47.3. The van der Waals surface area contributed by atoms with Gasteiger partial charge in [-0.25, -0.2) is 4.79 Å². The molecule has 1 rings (SSSR count). The van der Waals surface area contributed by atoms with Crippen molar-refractivity contribution in [3.05, 3.63) is 85.1 Å². The van der Waals surface area contributed by atoms with E-state index in [9.17, 15) is 34.5 Å². The topological polar surface area (TPSA) is 175 Å². The predicted molar refractivity (Wildman–Crippen MR) is 284 cm³/mol. The minimum absolute atomic E-state index is 0.0640. The first-order chi connectivity index (χ1) is 34.6. The van der Waals surface area contributed by atoms with Gasteiger partial charge in [0.15, 0.2) is 24.6 Å². The van der Waals surface area contributed by atoms with Crippen LogP contribution in [-0.4, -0.2) is 89.2 Å². The quantitative estimate of drug-likeness (QED) is 0.0228. The lowest BCUT2D eigenvalue weighted by molar-refractivity contribution is -0.301. The standard InChI is InChI=1S/C59H96O12/c1-4-7-10-13-16-19-21-23-24-25-26-27-28-30-31-34-36-39-42-45-51(60)67-48-50(69-52(61)46-43-40-37-33-18-15-12-9-6-3)49-68-59-57(55(64)54(63)56(71-59)58(65)66)70-53(62)47-44-41-38-35-32-29-22-20-17-14-11-8-5-2/h8,11,16-17,19-20,23-24,26-27,29,32,38,41,50,54-57,59,63-64H,4-7,9-10,12-15,18,21-22,25,28,30-31,33-37,39-40,42-49H2,1-3H3,(H,65,66)/b11-8-,19-16-,20-17-,24-23-,27-26-,32-29-,41-38-. The number of carboxylic acids is 1. The lowest BCUT2D eigenvalue weighted by Crippen LogP contribution is -2.61. The average Bonchev–Trinajstić information content (AvgIpc) is 3.35. The van der Waals surface area contributed by atoms with Crippen molar-refractivity contribution in [1.82, 2.24) is 0 Å². The van der Waals surface area contributed by atoms with Gasteiger partial charge in [0.05, 0.1) is 6.61 Å². The second kappa shape index (κ2) is 46.9. The molecule has 0 aromatic rings. The maximum Gasteiger partial charge on any atom is 0.335 e. The van der Waals surface area contributed by atoms with Crippen molar-refractivity contribution in [3.63, 3.8) is 0 Å². The van der Waals surface area contributed by atoms with Crippen LogP contribution in [0.5, 0.6) is 0 Å². The fourth-order valence-electron chi connectivity index (χ4n) is 7.74. The molecule has 0 bridgehead atoms. The fourth-order valence-corrected chi connectivity index (χ4v) is 7.74. The van der Waals surface area contributed by atoms with E-state index in [4.69, 9.17) is 23.7 Å². The second-order valence-electron chi connectivity index (χ2n) is 18.5. The Morgan fingerprint density at radius 1 is 0.479 bits per heavy atom. The first-order valence-electron chi connectivity index (χ1n) is 27.6. The van der Waals surface area contributed by atoms with E-state index in [2.05, 4.69) is 87.6 Å². The molecule has 0 aliphatic carbocycles. The highest BCUT2D eigenvalue weighted by atomic mass is 16.7. The first kappa shape index (κ1) is 64.9. The number of aliphatic hydroxyl groups excluding tert-OH is 2. The Labute approximate surface area is 429 Å². The van der Waals surface area contributed by atoms with Crippen LogP contribution in [0.25, 0.3) is 0 Å². The summed E-state index contributed by atoms with van der Waals surface area (Å²) >= 11 is 0. The van der Waals surface area contributed by atoms with Gasteiger partial charge in [0.25, 0.3) is 0 Å². The maximum absolute atomic E-state index is 13.0. The van der Waals surface area contributed by atoms with Crippen molar-refractivity contribution in [2.45, 2.75) is 250 Å². The molecule has 1 aliphatic heterocycles. The van der Waals surface area contributed by atoms with Crippen molar-refractivity contribution in [1.29, 1.82) is 0 Å². The molecule has 1 aliphatic rings. The number of hydrogen-bond acceptors (Lipinski definition) is 11. The van der Waals surface area contributed by atoms with E-state index < -0.39 is 67.3 Å². The van der Waals surface area contributed by atoms with Gasteiger partial charge in [0, 0.05) is 19.3 Å². The number of aliphatic hydroxyl groups is 2. The van der Waals surface area contributed by atoms with Crippen LogP contribution < -0.4 is 0 Å². The number of esters is 3. The first-order valence-corrected chi connectivity index (χ1v) is 27.6. The molecule has 6 atom stereocenters. The van der Waals surface area contributed by atoms with Crippen LogP contribution >= 0.6 is 0 Å². The number of aliphatic carboxylic acids is 1. The van der Waals surface area contributed by atoms with Crippen LogP contribution in [-0.2, 0) is 42.9 Å². The zero-order valence-electron chi connectivity index (χ0n) is 44.2. The van der Waals surface area contributed by atoms with E-state index in [0.717, 1.165) is 89.9 Å². The Morgan fingerprint density at radius 3 is 1.44 bits per heavy atom. The molecular formula is C59H96O12. The Bertz CT molecular complexity index is 1560. The third-order valence-corrected chi connectivity index (χ3v) is 12.0. The third kappa shape index (κ3) is 37.3. The lowest BCUT2D eigenvalue weighted by atomic mass is 9.98. The largest absolute Gasteiger partial charge is 0.479 e. The number of carboxylic acid groups (broad SMARTS) is 1. The molecule has 0 radical (unpaired) electrons. The number of unbranched alkanes of at least 4 members (excludes halogenated alkanes) is 17. The van der Waals surface area contributed by atoms with Gasteiger partial charge < -0.3 is 39.0 Å². The van der Waals surface area contributed by atoms with Crippen LogP contribution in [0.3, 0.4) is 0 Å². The number of hydrogen-bond donors (Lipinski definition) is 3. The number of rotatable bonds is 45. The Balaban J connectivity index is 2.71. The smallest absolute Gasteiger partial charge is 0.335 e. The highest BCUT2D eigenvalue weighted by Crippen LogP contribution is 2.26. The summed E-state index contributed by atoms with van der Waals surface area (Å²) in [7, 11) is 0. The van der Waals surface area contributed by atoms with Gasteiger partial charge in [-0.2, -0.15) is 0 Å². The Morgan fingerprint density at radius 2 is 0.915 bits per heavy atom. The lowest BCUT2D eigenvalue weighted by Gasteiger charge is -2.40. The summed E-state index contributed by atoms with van der Waals surface area (Å²) in [5, 5.41) is 31.3. The number of allylic oxidation sites excluding steroid dienone is 14. The molecule has 1 heterocycles. The predicted octanol–water partition coefficient (Wildman–Crippen LogP) is 13.6. The number of carbonyl (C=O) groups is 4. The summed E-state index contributed by atoms with van der Waals surface area (Å²) in [4.78, 5) is 50.8. The fraction of sp³-hybridized carbons (Fsp3) is 0.695. The highest BCUT2D eigenvalue weighted by Gasteiger charge is 2.50. The normalized spacial score (nSPS) is 19.1. The zero-order chi connectivity index (χ0) is 51.8. The van der Waals surface area contributed by atoms with Gasteiger partial charge in [-0.3, -0.25) is 14.4 Å². The van der Waals surface area contributed by atoms with Crippen LogP contribution in [0, 0.1) is 0 Å². The molecule has 3 N–H and O–H groups in total. The summed E-state index contributed by atoms with van der Waals surface area (Å²) in [5.74, 6) is -3.25. The molecule has 0 amide bonds.